The molecule has 1 aromatic heterocycles. The molecule has 0 spiro atoms. The first-order valence-electron chi connectivity index (χ1n) is 10.7. The smallest absolute Gasteiger partial charge is 0.416 e. The number of nitrogens with one attached hydrogen (secondary N) is 1. The van der Waals surface area contributed by atoms with Crippen LogP contribution in [0.2, 0.25) is 5.02 Å². The molecule has 5 nitrogen and oxygen atoms in total. The minimum atomic E-state index is -4.57. The van der Waals surface area contributed by atoms with Crippen LogP contribution in [0.25, 0.3) is 22.0 Å². The Balaban J connectivity index is 1.62. The number of carbonyl (C=O) groups is 1. The summed E-state index contributed by atoms with van der Waals surface area (Å²) in [6, 6.07) is 16.1. The van der Waals surface area contributed by atoms with Crippen molar-refractivity contribution >= 4 is 34.0 Å². The maximum atomic E-state index is 13.0. The standard InChI is InChI=1S/C26H21ClF3N3O2/c1-14-8-9-15(2)20(12-14)23-18-6-4-5-7-19(18)25(33-32-23)35-16(3)24(34)31-22-13-17(26(28,29)30)10-11-21(22)27/h4-13,16H,1-3H3,(H,31,34)/t16-/m1/s1. The maximum Gasteiger partial charge on any atom is 0.416 e. The summed E-state index contributed by atoms with van der Waals surface area (Å²) < 4.78 is 44.9. The molecule has 0 aliphatic carbocycles. The van der Waals surface area contributed by atoms with Crippen LogP contribution in [0.1, 0.15) is 23.6 Å². The van der Waals surface area contributed by atoms with Gasteiger partial charge in [-0.15, -0.1) is 10.2 Å². The van der Waals surface area contributed by atoms with Crippen molar-refractivity contribution in [3.63, 3.8) is 0 Å². The third-order valence-corrected chi connectivity index (χ3v) is 5.84. The SMILES string of the molecule is Cc1ccc(C)c(-c2nnc(O[C@H](C)C(=O)Nc3cc(C(F)(F)F)ccc3Cl)c3ccccc23)c1. The van der Waals surface area contributed by atoms with Crippen LogP contribution in [0, 0.1) is 13.8 Å². The molecule has 0 saturated heterocycles. The third kappa shape index (κ3) is 5.22. The second-order valence-electron chi connectivity index (χ2n) is 8.16. The predicted octanol–water partition coefficient (Wildman–Crippen LogP) is 6.99. The van der Waals surface area contributed by atoms with Gasteiger partial charge in [0.15, 0.2) is 6.10 Å². The molecular formula is C26H21ClF3N3O2. The Morgan fingerprint density at radius 3 is 2.43 bits per heavy atom. The number of nitrogens with zero attached hydrogens (tertiary/aromatic N) is 2. The van der Waals surface area contributed by atoms with Crippen LogP contribution in [-0.4, -0.2) is 22.2 Å². The largest absolute Gasteiger partial charge is 0.463 e. The molecule has 3 aromatic carbocycles. The summed E-state index contributed by atoms with van der Waals surface area (Å²) in [6.45, 7) is 5.44. The fourth-order valence-corrected chi connectivity index (χ4v) is 3.77. The molecule has 0 fully saturated rings. The Bertz CT molecular complexity index is 1420. The van der Waals surface area contributed by atoms with Gasteiger partial charge < -0.3 is 10.1 Å². The van der Waals surface area contributed by atoms with Crippen molar-refractivity contribution in [1.82, 2.24) is 10.2 Å². The van der Waals surface area contributed by atoms with E-state index in [4.69, 9.17) is 16.3 Å². The van der Waals surface area contributed by atoms with E-state index < -0.39 is 23.8 Å². The van der Waals surface area contributed by atoms with Crippen molar-refractivity contribution in [3.05, 3.63) is 82.4 Å². The lowest BCUT2D eigenvalue weighted by atomic mass is 9.99. The molecule has 1 amide bonds. The average molecular weight is 500 g/mol. The molecule has 1 N–H and O–H groups in total. The summed E-state index contributed by atoms with van der Waals surface area (Å²) in [7, 11) is 0. The van der Waals surface area contributed by atoms with E-state index in [0.717, 1.165) is 40.3 Å². The normalized spacial score (nSPS) is 12.4. The van der Waals surface area contributed by atoms with Gasteiger partial charge in [0.2, 0.25) is 5.88 Å². The predicted molar refractivity (Wildman–Crippen MR) is 130 cm³/mol. The first-order valence-corrected chi connectivity index (χ1v) is 11.1. The van der Waals surface area contributed by atoms with Crippen LogP contribution in [0.5, 0.6) is 5.88 Å². The summed E-state index contributed by atoms with van der Waals surface area (Å²) in [4.78, 5) is 12.7. The second-order valence-corrected chi connectivity index (χ2v) is 8.57. The summed E-state index contributed by atoms with van der Waals surface area (Å²) in [5, 5.41) is 12.4. The molecule has 1 atom stereocenters. The number of amides is 1. The maximum absolute atomic E-state index is 13.0. The lowest BCUT2D eigenvalue weighted by Crippen LogP contribution is -2.30. The van der Waals surface area contributed by atoms with Crippen molar-refractivity contribution in [3.8, 4) is 17.1 Å². The van der Waals surface area contributed by atoms with Crippen LogP contribution in [0.15, 0.2) is 60.7 Å². The van der Waals surface area contributed by atoms with Crippen molar-refractivity contribution in [2.75, 3.05) is 5.32 Å². The van der Waals surface area contributed by atoms with Crippen molar-refractivity contribution in [2.45, 2.75) is 33.1 Å². The van der Waals surface area contributed by atoms with Gasteiger partial charge in [-0.1, -0.05) is 47.5 Å². The van der Waals surface area contributed by atoms with Gasteiger partial charge in [0.05, 0.1) is 16.3 Å². The number of benzene rings is 3. The van der Waals surface area contributed by atoms with Gasteiger partial charge in [-0.3, -0.25) is 4.79 Å². The number of fused-ring (bicyclic) bond motifs is 1. The van der Waals surface area contributed by atoms with Gasteiger partial charge >= 0.3 is 6.18 Å². The monoisotopic (exact) mass is 499 g/mol. The highest BCUT2D eigenvalue weighted by atomic mass is 35.5. The molecule has 0 radical (unpaired) electrons. The van der Waals surface area contributed by atoms with Gasteiger partial charge in [-0.05, 0) is 56.7 Å². The zero-order valence-electron chi connectivity index (χ0n) is 19.1. The van der Waals surface area contributed by atoms with E-state index in [-0.39, 0.29) is 16.6 Å². The van der Waals surface area contributed by atoms with Crippen LogP contribution >= 0.6 is 11.6 Å². The first kappa shape index (κ1) is 24.5. The average Bonchev–Trinajstić information content (AvgIpc) is 2.81. The number of alkyl halides is 3. The highest BCUT2D eigenvalue weighted by Gasteiger charge is 2.31. The molecule has 0 saturated carbocycles. The number of aryl methyl sites for hydroxylation is 2. The van der Waals surface area contributed by atoms with E-state index in [0.29, 0.717) is 11.1 Å². The number of carbonyl (C=O) groups excluding carboxylic acids is 1. The number of hydrogen-bond acceptors (Lipinski definition) is 4. The lowest BCUT2D eigenvalue weighted by Gasteiger charge is -2.17. The molecule has 0 aliphatic heterocycles. The van der Waals surface area contributed by atoms with Gasteiger partial charge in [0.25, 0.3) is 5.91 Å². The Morgan fingerprint density at radius 1 is 1.00 bits per heavy atom. The highest BCUT2D eigenvalue weighted by Crippen LogP contribution is 2.35. The summed E-state index contributed by atoms with van der Waals surface area (Å²) in [5.41, 5.74) is 2.64. The van der Waals surface area contributed by atoms with E-state index >= 15 is 0 Å². The van der Waals surface area contributed by atoms with Crippen molar-refractivity contribution in [2.24, 2.45) is 0 Å². The minimum absolute atomic E-state index is 0.0262. The zero-order valence-corrected chi connectivity index (χ0v) is 19.8. The summed E-state index contributed by atoms with van der Waals surface area (Å²) in [6.07, 6.45) is -5.66. The summed E-state index contributed by atoms with van der Waals surface area (Å²) in [5.74, 6) is -0.553. The second kappa shape index (κ2) is 9.54. The molecule has 0 bridgehead atoms. The number of ether oxygens (including phenoxy) is 1. The molecule has 9 heteroatoms. The quantitative estimate of drug-likeness (QED) is 0.321. The molecule has 0 aliphatic rings. The van der Waals surface area contributed by atoms with E-state index in [1.807, 2.05) is 56.3 Å². The fourth-order valence-electron chi connectivity index (χ4n) is 3.61. The van der Waals surface area contributed by atoms with Crippen LogP contribution in [0.4, 0.5) is 18.9 Å². The van der Waals surface area contributed by atoms with Gasteiger partial charge in [0.1, 0.15) is 5.69 Å². The molecule has 180 valence electrons. The number of halogens is 4. The van der Waals surface area contributed by atoms with E-state index in [1.165, 1.54) is 6.92 Å². The Hall–Kier alpha value is -3.65. The lowest BCUT2D eigenvalue weighted by molar-refractivity contribution is -0.137. The van der Waals surface area contributed by atoms with E-state index in [9.17, 15) is 18.0 Å². The van der Waals surface area contributed by atoms with Crippen molar-refractivity contribution in [1.29, 1.82) is 0 Å². The minimum Gasteiger partial charge on any atom is -0.463 e. The van der Waals surface area contributed by atoms with Crippen LogP contribution in [0.3, 0.4) is 0 Å². The van der Waals surface area contributed by atoms with Gasteiger partial charge in [-0.2, -0.15) is 13.2 Å². The topological polar surface area (TPSA) is 64.1 Å². The molecule has 4 rings (SSSR count). The third-order valence-electron chi connectivity index (χ3n) is 5.51. The Kier molecular flexibility index (Phi) is 6.67. The summed E-state index contributed by atoms with van der Waals surface area (Å²) >= 11 is 5.99. The molecule has 0 unspecified atom stereocenters. The Labute approximate surface area is 204 Å². The highest BCUT2D eigenvalue weighted by molar-refractivity contribution is 6.33. The van der Waals surface area contributed by atoms with Gasteiger partial charge in [-0.25, -0.2) is 0 Å². The fraction of sp³-hybridized carbons (Fsp3) is 0.192. The van der Waals surface area contributed by atoms with Gasteiger partial charge in [0, 0.05) is 16.3 Å². The molecular weight excluding hydrogens is 479 g/mol. The van der Waals surface area contributed by atoms with Crippen LogP contribution in [-0.2, 0) is 11.0 Å². The van der Waals surface area contributed by atoms with E-state index in [1.54, 1.807) is 0 Å². The first-order chi connectivity index (χ1) is 16.5. The molecule has 4 aromatic rings. The number of aromatic nitrogens is 2. The number of anilines is 1. The number of hydrogen-bond donors (Lipinski definition) is 1. The zero-order chi connectivity index (χ0) is 25.3. The number of rotatable bonds is 5. The molecule has 35 heavy (non-hydrogen) atoms. The van der Waals surface area contributed by atoms with Crippen LogP contribution < -0.4 is 10.1 Å². The Morgan fingerprint density at radius 2 is 1.71 bits per heavy atom. The molecule has 1 heterocycles. The van der Waals surface area contributed by atoms with Crippen molar-refractivity contribution < 1.29 is 22.7 Å². The van der Waals surface area contributed by atoms with E-state index in [2.05, 4.69) is 15.5 Å².